The van der Waals surface area contributed by atoms with E-state index in [1.54, 1.807) is 0 Å². The van der Waals surface area contributed by atoms with Gasteiger partial charge in [-0.15, -0.1) is 0 Å². The van der Waals surface area contributed by atoms with E-state index >= 15 is 0 Å². The molecule has 1 fully saturated rings. The maximum Gasteiger partial charge on any atom is 0.120 e. The molecule has 0 amide bonds. The average Bonchev–Trinajstić information content (AvgIpc) is 2.89. The second-order valence-electron chi connectivity index (χ2n) is 4.83. The van der Waals surface area contributed by atoms with Crippen molar-refractivity contribution < 1.29 is 4.74 Å². The van der Waals surface area contributed by atoms with Gasteiger partial charge in [-0.05, 0) is 43.7 Å². The number of hydrogen-bond donors (Lipinski definition) is 1. The first-order valence-corrected chi connectivity index (χ1v) is 6.17. The van der Waals surface area contributed by atoms with Gasteiger partial charge in [-0.25, -0.2) is 0 Å². The van der Waals surface area contributed by atoms with Crippen molar-refractivity contribution in [2.45, 2.75) is 19.4 Å². The van der Waals surface area contributed by atoms with Gasteiger partial charge in [0, 0.05) is 30.7 Å². The number of aryl methyl sites for hydroxylation is 2. The number of nitrogens with zero attached hydrogens (tertiary/aromatic N) is 1. The first-order valence-electron chi connectivity index (χ1n) is 6.17. The first-order chi connectivity index (χ1) is 8.24. The third-order valence-electron chi connectivity index (χ3n) is 3.48. The number of benzene rings is 1. The molecule has 17 heavy (non-hydrogen) atoms. The Morgan fingerprint density at radius 3 is 3.06 bits per heavy atom. The highest BCUT2D eigenvalue weighted by molar-refractivity contribution is 5.85. The summed E-state index contributed by atoms with van der Waals surface area (Å²) in [6, 6.07) is 6.36. The standard InChI is InChI=1S/C14H18N2O/c1-10-9-16(2)14-4-3-11(7-13(10)14)17-12-5-6-15-8-12/h3-4,7,9,12,15H,5-6,8H2,1-2H3. The van der Waals surface area contributed by atoms with Gasteiger partial charge in [0.25, 0.3) is 0 Å². The molecule has 1 aromatic heterocycles. The van der Waals surface area contributed by atoms with Crippen molar-refractivity contribution in [2.24, 2.45) is 7.05 Å². The molecule has 1 atom stereocenters. The van der Waals surface area contributed by atoms with Crippen molar-refractivity contribution in [3.8, 4) is 5.75 Å². The second kappa shape index (κ2) is 4.08. The summed E-state index contributed by atoms with van der Waals surface area (Å²) in [5.74, 6) is 0.987. The number of aromatic nitrogens is 1. The predicted molar refractivity (Wildman–Crippen MR) is 69.6 cm³/mol. The minimum Gasteiger partial charge on any atom is -0.489 e. The molecule has 90 valence electrons. The van der Waals surface area contributed by atoms with Gasteiger partial charge >= 0.3 is 0 Å². The van der Waals surface area contributed by atoms with Gasteiger partial charge in [0.2, 0.25) is 0 Å². The zero-order valence-electron chi connectivity index (χ0n) is 10.4. The Morgan fingerprint density at radius 2 is 2.29 bits per heavy atom. The van der Waals surface area contributed by atoms with Gasteiger partial charge in [0.15, 0.2) is 0 Å². The van der Waals surface area contributed by atoms with Crippen molar-refractivity contribution in [3.63, 3.8) is 0 Å². The van der Waals surface area contributed by atoms with Crippen LogP contribution in [0, 0.1) is 6.92 Å². The van der Waals surface area contributed by atoms with Crippen LogP contribution in [-0.2, 0) is 7.05 Å². The maximum atomic E-state index is 5.98. The summed E-state index contributed by atoms with van der Waals surface area (Å²) in [7, 11) is 2.08. The lowest BCUT2D eigenvalue weighted by atomic mass is 10.2. The Hall–Kier alpha value is -1.48. The van der Waals surface area contributed by atoms with E-state index in [1.807, 2.05) is 0 Å². The van der Waals surface area contributed by atoms with Gasteiger partial charge in [-0.2, -0.15) is 0 Å². The lowest BCUT2D eigenvalue weighted by Gasteiger charge is -2.12. The smallest absolute Gasteiger partial charge is 0.120 e. The van der Waals surface area contributed by atoms with Crippen LogP contribution in [0.15, 0.2) is 24.4 Å². The van der Waals surface area contributed by atoms with E-state index in [4.69, 9.17) is 4.74 Å². The van der Waals surface area contributed by atoms with Crippen molar-refractivity contribution in [2.75, 3.05) is 13.1 Å². The monoisotopic (exact) mass is 230 g/mol. The molecule has 1 N–H and O–H groups in total. The van der Waals surface area contributed by atoms with Crippen LogP contribution in [0.4, 0.5) is 0 Å². The highest BCUT2D eigenvalue weighted by Gasteiger charge is 2.16. The Bertz CT molecular complexity index is 538. The third-order valence-corrected chi connectivity index (χ3v) is 3.48. The molecular formula is C14H18N2O. The molecule has 0 radical (unpaired) electrons. The Morgan fingerprint density at radius 1 is 1.41 bits per heavy atom. The Kier molecular flexibility index (Phi) is 2.56. The van der Waals surface area contributed by atoms with E-state index in [1.165, 1.54) is 16.5 Å². The van der Waals surface area contributed by atoms with Crippen LogP contribution in [0.1, 0.15) is 12.0 Å². The SMILES string of the molecule is Cc1cn(C)c2ccc(OC3CCNC3)cc12. The van der Waals surface area contributed by atoms with Crippen LogP contribution in [0.2, 0.25) is 0 Å². The van der Waals surface area contributed by atoms with E-state index in [0.29, 0.717) is 6.10 Å². The molecule has 0 saturated carbocycles. The minimum atomic E-state index is 0.330. The Labute approximate surface area is 101 Å². The normalized spacial score (nSPS) is 20.0. The predicted octanol–water partition coefficient (Wildman–Crippen LogP) is 2.23. The summed E-state index contributed by atoms with van der Waals surface area (Å²) >= 11 is 0. The summed E-state index contributed by atoms with van der Waals surface area (Å²) in [6.45, 7) is 4.17. The van der Waals surface area contributed by atoms with Crippen molar-refractivity contribution in [1.29, 1.82) is 0 Å². The van der Waals surface area contributed by atoms with Crippen LogP contribution in [0.3, 0.4) is 0 Å². The number of hydrogen-bond acceptors (Lipinski definition) is 2. The quantitative estimate of drug-likeness (QED) is 0.856. The molecule has 0 aliphatic carbocycles. The van der Waals surface area contributed by atoms with Gasteiger partial charge in [-0.1, -0.05) is 0 Å². The molecule has 1 aliphatic heterocycles. The van der Waals surface area contributed by atoms with Crippen molar-refractivity contribution in [3.05, 3.63) is 30.0 Å². The molecule has 3 nitrogen and oxygen atoms in total. The molecule has 2 heterocycles. The molecule has 0 bridgehead atoms. The number of fused-ring (bicyclic) bond motifs is 1. The van der Waals surface area contributed by atoms with Gasteiger partial charge in [-0.3, -0.25) is 0 Å². The zero-order chi connectivity index (χ0) is 11.8. The van der Waals surface area contributed by atoms with Crippen molar-refractivity contribution >= 4 is 10.9 Å². The fourth-order valence-electron chi connectivity index (χ4n) is 2.56. The number of ether oxygens (including phenoxy) is 1. The average molecular weight is 230 g/mol. The molecule has 1 aliphatic rings. The van der Waals surface area contributed by atoms with Crippen LogP contribution in [-0.4, -0.2) is 23.8 Å². The first kappa shape index (κ1) is 10.7. The highest BCUT2D eigenvalue weighted by Crippen LogP contribution is 2.26. The van der Waals surface area contributed by atoms with Gasteiger partial charge in [0.05, 0.1) is 0 Å². The summed E-state index contributed by atoms with van der Waals surface area (Å²) in [4.78, 5) is 0. The van der Waals surface area contributed by atoms with E-state index < -0.39 is 0 Å². The molecule has 1 saturated heterocycles. The van der Waals surface area contributed by atoms with E-state index in [0.717, 1.165) is 25.3 Å². The lowest BCUT2D eigenvalue weighted by Crippen LogP contribution is -2.19. The van der Waals surface area contributed by atoms with Crippen LogP contribution in [0.5, 0.6) is 5.75 Å². The molecule has 0 spiro atoms. The minimum absolute atomic E-state index is 0.330. The molecular weight excluding hydrogens is 212 g/mol. The van der Waals surface area contributed by atoms with E-state index in [2.05, 4.69) is 48.3 Å². The number of rotatable bonds is 2. The van der Waals surface area contributed by atoms with Crippen molar-refractivity contribution in [1.82, 2.24) is 9.88 Å². The van der Waals surface area contributed by atoms with E-state index in [9.17, 15) is 0 Å². The topological polar surface area (TPSA) is 26.2 Å². The van der Waals surface area contributed by atoms with Crippen LogP contribution in [0.25, 0.3) is 10.9 Å². The molecule has 1 aromatic carbocycles. The Balaban J connectivity index is 1.92. The summed E-state index contributed by atoms with van der Waals surface area (Å²) in [5.41, 5.74) is 2.57. The third kappa shape index (κ3) is 1.91. The van der Waals surface area contributed by atoms with Gasteiger partial charge in [0.1, 0.15) is 11.9 Å². The lowest BCUT2D eigenvalue weighted by molar-refractivity contribution is 0.223. The maximum absolute atomic E-state index is 5.98. The fraction of sp³-hybridized carbons (Fsp3) is 0.429. The molecule has 1 unspecified atom stereocenters. The van der Waals surface area contributed by atoms with Crippen LogP contribution >= 0.6 is 0 Å². The summed E-state index contributed by atoms with van der Waals surface area (Å²) < 4.78 is 8.13. The van der Waals surface area contributed by atoms with Gasteiger partial charge < -0.3 is 14.6 Å². The fourth-order valence-corrected chi connectivity index (χ4v) is 2.56. The second-order valence-corrected chi connectivity index (χ2v) is 4.83. The molecule has 2 aromatic rings. The largest absolute Gasteiger partial charge is 0.489 e. The van der Waals surface area contributed by atoms with E-state index in [-0.39, 0.29) is 0 Å². The highest BCUT2D eigenvalue weighted by atomic mass is 16.5. The molecule has 3 heteroatoms. The number of nitrogens with one attached hydrogen (secondary N) is 1. The molecule has 3 rings (SSSR count). The van der Waals surface area contributed by atoms with Crippen LogP contribution < -0.4 is 10.1 Å². The summed E-state index contributed by atoms with van der Waals surface area (Å²) in [5, 5.41) is 4.60. The zero-order valence-corrected chi connectivity index (χ0v) is 10.4. The summed E-state index contributed by atoms with van der Waals surface area (Å²) in [6.07, 6.45) is 3.59.